The number of likely N-dealkylation sites (tertiary alicyclic amines) is 1. The molecule has 1 aromatic carbocycles. The van der Waals surface area contributed by atoms with Gasteiger partial charge in [-0.25, -0.2) is 0 Å². The number of hydrogen-bond acceptors (Lipinski definition) is 2. The van der Waals surface area contributed by atoms with E-state index in [2.05, 4.69) is 36.1 Å². The number of carbonyl (C=O) groups is 1. The van der Waals surface area contributed by atoms with Crippen LogP contribution in [0.3, 0.4) is 0 Å². The van der Waals surface area contributed by atoms with Crippen molar-refractivity contribution in [1.82, 2.24) is 4.90 Å². The minimum absolute atomic E-state index is 0. The van der Waals surface area contributed by atoms with E-state index in [4.69, 9.17) is 5.73 Å². The third-order valence-corrected chi connectivity index (χ3v) is 4.47. The van der Waals surface area contributed by atoms with E-state index >= 15 is 0 Å². The van der Waals surface area contributed by atoms with E-state index in [9.17, 15) is 4.79 Å². The first-order valence-corrected chi connectivity index (χ1v) is 8.29. The molecule has 1 atom stereocenters. The highest BCUT2D eigenvalue weighted by Gasteiger charge is 2.30. The second-order valence-corrected chi connectivity index (χ2v) is 6.05. The number of amides is 1. The highest BCUT2D eigenvalue weighted by Crippen LogP contribution is 2.34. The number of nitrogens with two attached hydrogens (primary N) is 1. The Morgan fingerprint density at radius 3 is 2.68 bits per heavy atom. The zero-order valence-electron chi connectivity index (χ0n) is 13.6. The van der Waals surface area contributed by atoms with Gasteiger partial charge in [-0.2, -0.15) is 0 Å². The van der Waals surface area contributed by atoms with Gasteiger partial charge in [0.2, 0.25) is 5.91 Å². The van der Waals surface area contributed by atoms with Gasteiger partial charge in [0.1, 0.15) is 0 Å². The van der Waals surface area contributed by atoms with E-state index < -0.39 is 0 Å². The Balaban J connectivity index is 0.00000242. The number of hydrogen-bond donors (Lipinski definition) is 1. The van der Waals surface area contributed by atoms with Crippen LogP contribution in [0.5, 0.6) is 0 Å². The molecule has 4 heteroatoms. The number of rotatable bonds is 7. The van der Waals surface area contributed by atoms with Crippen molar-refractivity contribution < 1.29 is 4.79 Å². The van der Waals surface area contributed by atoms with Gasteiger partial charge < -0.3 is 10.6 Å². The molecule has 0 aliphatic carbocycles. The Hall–Kier alpha value is -1.06. The highest BCUT2D eigenvalue weighted by molar-refractivity contribution is 5.85. The van der Waals surface area contributed by atoms with Gasteiger partial charge in [-0.3, -0.25) is 4.79 Å². The Bertz CT molecular complexity index is 464. The molecule has 1 saturated heterocycles. The summed E-state index contributed by atoms with van der Waals surface area (Å²) in [5, 5.41) is 0. The lowest BCUT2D eigenvalue weighted by atomic mass is 9.99. The SMILES string of the molecule is Cc1ccccc1C1CCCN1C(=O)CCCCCCN.Cl. The molecule has 0 spiro atoms. The van der Waals surface area contributed by atoms with Crippen LogP contribution in [-0.4, -0.2) is 23.9 Å². The van der Waals surface area contributed by atoms with Crippen LogP contribution in [-0.2, 0) is 4.79 Å². The first kappa shape index (κ1) is 19.0. The van der Waals surface area contributed by atoms with Crippen molar-refractivity contribution in [1.29, 1.82) is 0 Å². The maximum Gasteiger partial charge on any atom is 0.223 e. The summed E-state index contributed by atoms with van der Waals surface area (Å²) in [7, 11) is 0. The molecule has 1 heterocycles. The number of carbonyl (C=O) groups excluding carboxylic acids is 1. The largest absolute Gasteiger partial charge is 0.336 e. The maximum atomic E-state index is 12.5. The van der Waals surface area contributed by atoms with Crippen molar-refractivity contribution in [2.45, 2.75) is 57.9 Å². The molecule has 0 aromatic heterocycles. The first-order chi connectivity index (χ1) is 10.2. The normalized spacial score (nSPS) is 17.4. The molecule has 1 amide bonds. The predicted molar refractivity (Wildman–Crippen MR) is 94.3 cm³/mol. The third-order valence-electron chi connectivity index (χ3n) is 4.47. The van der Waals surface area contributed by atoms with Gasteiger partial charge in [0.25, 0.3) is 0 Å². The zero-order chi connectivity index (χ0) is 15.1. The number of benzene rings is 1. The van der Waals surface area contributed by atoms with E-state index in [0.717, 1.165) is 51.6 Å². The first-order valence-electron chi connectivity index (χ1n) is 8.29. The van der Waals surface area contributed by atoms with Crippen LogP contribution < -0.4 is 5.73 Å². The molecule has 2 rings (SSSR count). The third kappa shape index (κ3) is 4.99. The van der Waals surface area contributed by atoms with Gasteiger partial charge in [-0.05, 0) is 50.3 Å². The number of halogens is 1. The summed E-state index contributed by atoms with van der Waals surface area (Å²) in [4.78, 5) is 14.6. The topological polar surface area (TPSA) is 46.3 Å². The van der Waals surface area contributed by atoms with Gasteiger partial charge >= 0.3 is 0 Å². The number of nitrogens with zero attached hydrogens (tertiary/aromatic N) is 1. The smallest absolute Gasteiger partial charge is 0.223 e. The summed E-state index contributed by atoms with van der Waals surface area (Å²) in [6.45, 7) is 3.82. The van der Waals surface area contributed by atoms with Crippen molar-refractivity contribution in [3.8, 4) is 0 Å². The molecule has 1 aliphatic heterocycles. The van der Waals surface area contributed by atoms with Crippen molar-refractivity contribution in [2.75, 3.05) is 13.1 Å². The van der Waals surface area contributed by atoms with Crippen molar-refractivity contribution in [2.24, 2.45) is 5.73 Å². The quantitative estimate of drug-likeness (QED) is 0.771. The van der Waals surface area contributed by atoms with Gasteiger partial charge in [0.05, 0.1) is 6.04 Å². The Labute approximate surface area is 140 Å². The van der Waals surface area contributed by atoms with E-state index in [-0.39, 0.29) is 12.4 Å². The lowest BCUT2D eigenvalue weighted by Gasteiger charge is -2.26. The van der Waals surface area contributed by atoms with E-state index in [1.54, 1.807) is 0 Å². The summed E-state index contributed by atoms with van der Waals surface area (Å²) in [6.07, 6.45) is 7.24. The van der Waals surface area contributed by atoms with Gasteiger partial charge in [0, 0.05) is 13.0 Å². The van der Waals surface area contributed by atoms with Crippen LogP contribution >= 0.6 is 12.4 Å². The van der Waals surface area contributed by atoms with E-state index in [1.165, 1.54) is 11.1 Å². The molecule has 1 unspecified atom stereocenters. The van der Waals surface area contributed by atoms with Gasteiger partial charge in [0.15, 0.2) is 0 Å². The molecule has 1 aliphatic rings. The fourth-order valence-corrected chi connectivity index (χ4v) is 3.27. The fraction of sp³-hybridized carbons (Fsp3) is 0.611. The Morgan fingerprint density at radius 1 is 1.23 bits per heavy atom. The molecule has 124 valence electrons. The summed E-state index contributed by atoms with van der Waals surface area (Å²) in [5.74, 6) is 0.327. The standard InChI is InChI=1S/C18H28N2O.ClH/c1-15-9-5-6-10-16(15)17-11-8-14-20(17)18(21)12-4-2-3-7-13-19;/h5-6,9-10,17H,2-4,7-8,11-14,19H2,1H3;1H. The average molecular weight is 325 g/mol. The predicted octanol–water partition coefficient (Wildman–Crippen LogP) is 3.99. The molecule has 0 saturated carbocycles. The molecule has 0 radical (unpaired) electrons. The van der Waals surface area contributed by atoms with Crippen molar-refractivity contribution >= 4 is 18.3 Å². The average Bonchev–Trinajstić information content (AvgIpc) is 2.96. The minimum Gasteiger partial charge on any atom is -0.336 e. The molecular weight excluding hydrogens is 296 g/mol. The van der Waals surface area contributed by atoms with Crippen LogP contribution in [0.25, 0.3) is 0 Å². The van der Waals surface area contributed by atoms with Gasteiger partial charge in [-0.15, -0.1) is 12.4 Å². The molecule has 3 nitrogen and oxygen atoms in total. The van der Waals surface area contributed by atoms with Crippen molar-refractivity contribution in [3.63, 3.8) is 0 Å². The molecule has 1 aromatic rings. The van der Waals surface area contributed by atoms with E-state index in [0.29, 0.717) is 18.4 Å². The molecule has 2 N–H and O–H groups in total. The Kier molecular flexibility index (Phi) is 8.51. The summed E-state index contributed by atoms with van der Waals surface area (Å²) in [6, 6.07) is 8.76. The van der Waals surface area contributed by atoms with Crippen LogP contribution in [0.15, 0.2) is 24.3 Å². The lowest BCUT2D eigenvalue weighted by molar-refractivity contribution is -0.132. The number of aryl methyl sites for hydroxylation is 1. The summed E-state index contributed by atoms with van der Waals surface area (Å²) >= 11 is 0. The highest BCUT2D eigenvalue weighted by atomic mass is 35.5. The molecule has 22 heavy (non-hydrogen) atoms. The van der Waals surface area contributed by atoms with E-state index in [1.807, 2.05) is 0 Å². The van der Waals surface area contributed by atoms with Crippen LogP contribution in [0, 0.1) is 6.92 Å². The van der Waals surface area contributed by atoms with Gasteiger partial charge in [-0.1, -0.05) is 37.1 Å². The molecule has 0 bridgehead atoms. The van der Waals surface area contributed by atoms with Crippen LogP contribution in [0.2, 0.25) is 0 Å². The van der Waals surface area contributed by atoms with Crippen LogP contribution in [0.4, 0.5) is 0 Å². The Morgan fingerprint density at radius 2 is 1.95 bits per heavy atom. The molecular formula is C18H29ClN2O. The second-order valence-electron chi connectivity index (χ2n) is 6.05. The molecule has 1 fully saturated rings. The summed E-state index contributed by atoms with van der Waals surface area (Å²) < 4.78 is 0. The second kappa shape index (κ2) is 9.86. The maximum absolute atomic E-state index is 12.5. The number of unbranched alkanes of at least 4 members (excludes halogenated alkanes) is 3. The lowest BCUT2D eigenvalue weighted by Crippen LogP contribution is -2.30. The minimum atomic E-state index is 0. The monoisotopic (exact) mass is 324 g/mol. The van der Waals surface area contributed by atoms with Crippen molar-refractivity contribution in [3.05, 3.63) is 35.4 Å². The fourth-order valence-electron chi connectivity index (χ4n) is 3.27. The van der Waals surface area contributed by atoms with Crippen LogP contribution in [0.1, 0.15) is 62.1 Å². The zero-order valence-corrected chi connectivity index (χ0v) is 14.4. The summed E-state index contributed by atoms with van der Waals surface area (Å²) in [5.41, 5.74) is 8.11.